The normalized spacial score (nSPS) is 12.1. The molecule has 0 saturated carbocycles. The molecular formula is C19H26N2O3. The lowest BCUT2D eigenvalue weighted by Crippen LogP contribution is -2.24. The molecule has 0 spiro atoms. The molecule has 24 heavy (non-hydrogen) atoms. The molecule has 1 heterocycles. The van der Waals surface area contributed by atoms with Crippen molar-refractivity contribution in [3.63, 3.8) is 0 Å². The minimum Gasteiger partial charge on any atom is -0.491 e. The Morgan fingerprint density at radius 3 is 2.67 bits per heavy atom. The first-order valence-corrected chi connectivity index (χ1v) is 8.38. The maximum absolute atomic E-state index is 10.0. The molecule has 0 bridgehead atoms. The molecule has 1 aromatic heterocycles. The lowest BCUT2D eigenvalue weighted by molar-refractivity contribution is 0.110. The zero-order valence-electron chi connectivity index (χ0n) is 14.1. The molecule has 1 atom stereocenters. The topological polar surface area (TPSA) is 63.6 Å². The summed E-state index contributed by atoms with van der Waals surface area (Å²) < 4.78 is 10.8. The summed E-state index contributed by atoms with van der Waals surface area (Å²) in [6.07, 6.45) is 2.01. The van der Waals surface area contributed by atoms with Crippen LogP contribution in [0.3, 0.4) is 0 Å². The maximum atomic E-state index is 10.0. The summed E-state index contributed by atoms with van der Waals surface area (Å²) in [7, 11) is 0. The van der Waals surface area contributed by atoms with Crippen molar-refractivity contribution >= 4 is 0 Å². The van der Waals surface area contributed by atoms with Crippen LogP contribution in [-0.2, 0) is 11.2 Å². The van der Waals surface area contributed by atoms with Crippen molar-refractivity contribution in [2.45, 2.75) is 19.4 Å². The van der Waals surface area contributed by atoms with Crippen molar-refractivity contribution in [2.75, 3.05) is 32.9 Å². The monoisotopic (exact) mass is 330 g/mol. The van der Waals surface area contributed by atoms with Crippen LogP contribution >= 0.6 is 0 Å². The minimum atomic E-state index is -0.577. The summed E-state index contributed by atoms with van der Waals surface area (Å²) in [5, 5.41) is 13.3. The second-order valence-corrected chi connectivity index (χ2v) is 5.41. The predicted molar refractivity (Wildman–Crippen MR) is 94.2 cm³/mol. The first kappa shape index (κ1) is 18.4. The average Bonchev–Trinajstić information content (AvgIpc) is 2.64. The number of nitrogens with zero attached hydrogens (tertiary/aromatic N) is 1. The summed E-state index contributed by atoms with van der Waals surface area (Å²) in [5.41, 5.74) is 1.92. The van der Waals surface area contributed by atoms with Gasteiger partial charge in [-0.3, -0.25) is 4.98 Å². The molecule has 1 aromatic carbocycles. The number of aliphatic hydroxyl groups excluding tert-OH is 1. The van der Waals surface area contributed by atoms with Gasteiger partial charge in [0.15, 0.2) is 0 Å². The van der Waals surface area contributed by atoms with Gasteiger partial charge in [-0.1, -0.05) is 18.2 Å². The summed E-state index contributed by atoms with van der Waals surface area (Å²) in [6, 6.07) is 13.6. The van der Waals surface area contributed by atoms with Gasteiger partial charge in [-0.2, -0.15) is 0 Å². The molecule has 0 aliphatic heterocycles. The van der Waals surface area contributed by atoms with Crippen LogP contribution in [0.5, 0.6) is 5.75 Å². The Kier molecular flexibility index (Phi) is 8.24. The summed E-state index contributed by atoms with van der Waals surface area (Å²) in [5.74, 6) is 0.858. The summed E-state index contributed by atoms with van der Waals surface area (Å²) in [6.45, 7) is 5.16. The van der Waals surface area contributed by atoms with Gasteiger partial charge in [-0.05, 0) is 49.7 Å². The lowest BCUT2D eigenvalue weighted by atomic mass is 10.1. The van der Waals surface area contributed by atoms with E-state index in [-0.39, 0.29) is 0 Å². The van der Waals surface area contributed by atoms with Crippen molar-refractivity contribution in [1.29, 1.82) is 0 Å². The smallest absolute Gasteiger partial charge is 0.119 e. The molecule has 2 aromatic rings. The Balaban J connectivity index is 1.63. The first-order chi connectivity index (χ1) is 11.8. The van der Waals surface area contributed by atoms with Crippen LogP contribution in [0.15, 0.2) is 48.7 Å². The van der Waals surface area contributed by atoms with Crippen molar-refractivity contribution in [1.82, 2.24) is 10.3 Å². The van der Waals surface area contributed by atoms with E-state index in [9.17, 15) is 5.11 Å². The zero-order chi connectivity index (χ0) is 17.0. The molecule has 0 aliphatic carbocycles. The van der Waals surface area contributed by atoms with Crippen LogP contribution in [0.25, 0.3) is 0 Å². The van der Waals surface area contributed by atoms with Gasteiger partial charge in [0.05, 0.1) is 12.3 Å². The van der Waals surface area contributed by atoms with E-state index in [1.54, 1.807) is 6.20 Å². The number of hydrogen-bond acceptors (Lipinski definition) is 5. The van der Waals surface area contributed by atoms with Gasteiger partial charge in [0.25, 0.3) is 0 Å². The predicted octanol–water partition coefficient (Wildman–Crippen LogP) is 2.36. The molecule has 2 N–H and O–H groups in total. The Hall–Kier alpha value is -1.95. The fraction of sp³-hybridized carbons (Fsp3) is 0.421. The van der Waals surface area contributed by atoms with E-state index < -0.39 is 6.10 Å². The number of rotatable bonds is 11. The minimum absolute atomic E-state index is 0.496. The van der Waals surface area contributed by atoms with Gasteiger partial charge in [-0.15, -0.1) is 0 Å². The third kappa shape index (κ3) is 6.66. The Morgan fingerprint density at radius 1 is 1.12 bits per heavy atom. The second kappa shape index (κ2) is 10.8. The van der Waals surface area contributed by atoms with Gasteiger partial charge in [0.2, 0.25) is 0 Å². The lowest BCUT2D eigenvalue weighted by Gasteiger charge is -2.11. The highest BCUT2D eigenvalue weighted by Crippen LogP contribution is 2.12. The van der Waals surface area contributed by atoms with E-state index in [0.29, 0.717) is 32.1 Å². The highest BCUT2D eigenvalue weighted by molar-refractivity contribution is 5.27. The molecule has 0 saturated heterocycles. The number of hydrogen-bond donors (Lipinski definition) is 2. The fourth-order valence-electron chi connectivity index (χ4n) is 2.26. The molecule has 5 nitrogen and oxygen atoms in total. The van der Waals surface area contributed by atoms with Gasteiger partial charge < -0.3 is 19.9 Å². The van der Waals surface area contributed by atoms with Crippen molar-refractivity contribution < 1.29 is 14.6 Å². The third-order valence-electron chi connectivity index (χ3n) is 3.58. The van der Waals surface area contributed by atoms with Crippen molar-refractivity contribution in [2.24, 2.45) is 0 Å². The van der Waals surface area contributed by atoms with Crippen LogP contribution < -0.4 is 10.1 Å². The Morgan fingerprint density at radius 2 is 1.96 bits per heavy atom. The van der Waals surface area contributed by atoms with Crippen LogP contribution in [0.4, 0.5) is 0 Å². The molecule has 130 valence electrons. The zero-order valence-corrected chi connectivity index (χ0v) is 14.1. The van der Waals surface area contributed by atoms with E-state index in [2.05, 4.69) is 22.4 Å². The van der Waals surface area contributed by atoms with Crippen LogP contribution in [-0.4, -0.2) is 43.0 Å². The number of benzene rings is 1. The molecule has 0 aliphatic rings. The van der Waals surface area contributed by atoms with Gasteiger partial charge in [0.1, 0.15) is 18.5 Å². The quantitative estimate of drug-likeness (QED) is 0.619. The van der Waals surface area contributed by atoms with E-state index in [4.69, 9.17) is 9.47 Å². The Bertz CT molecular complexity index is 561. The van der Waals surface area contributed by atoms with E-state index in [1.807, 2.05) is 37.3 Å². The number of nitrogens with one attached hydrogen (secondary N) is 1. The van der Waals surface area contributed by atoms with Crippen LogP contribution in [0.1, 0.15) is 24.3 Å². The van der Waals surface area contributed by atoms with Gasteiger partial charge in [0, 0.05) is 19.3 Å². The molecule has 1 unspecified atom stereocenters. The number of pyridine rings is 1. The average molecular weight is 330 g/mol. The molecule has 0 radical (unpaired) electrons. The third-order valence-corrected chi connectivity index (χ3v) is 3.58. The number of aliphatic hydroxyl groups is 1. The fourth-order valence-corrected chi connectivity index (χ4v) is 2.26. The number of aromatic nitrogens is 1. The van der Waals surface area contributed by atoms with Gasteiger partial charge in [-0.25, -0.2) is 0 Å². The van der Waals surface area contributed by atoms with Crippen molar-refractivity contribution in [3.05, 3.63) is 59.9 Å². The molecular weight excluding hydrogens is 304 g/mol. The highest BCUT2D eigenvalue weighted by atomic mass is 16.5. The highest BCUT2D eigenvalue weighted by Gasteiger charge is 2.07. The summed E-state index contributed by atoms with van der Waals surface area (Å²) in [4.78, 5) is 4.15. The van der Waals surface area contributed by atoms with E-state index >= 15 is 0 Å². The van der Waals surface area contributed by atoms with Crippen LogP contribution in [0, 0.1) is 0 Å². The van der Waals surface area contributed by atoms with Crippen LogP contribution in [0.2, 0.25) is 0 Å². The second-order valence-electron chi connectivity index (χ2n) is 5.41. The maximum Gasteiger partial charge on any atom is 0.119 e. The Labute approximate surface area is 143 Å². The molecule has 5 heteroatoms. The first-order valence-electron chi connectivity index (χ1n) is 8.38. The standard InChI is InChI=1S/C19H26N2O3/c1-2-23-13-14-24-17-8-6-16(7-9-17)10-12-20-15-19(22)18-5-3-4-11-21-18/h3-9,11,19-20,22H,2,10,12-15H2,1H3. The van der Waals surface area contributed by atoms with E-state index in [1.165, 1.54) is 5.56 Å². The number of ether oxygens (including phenoxy) is 2. The molecule has 0 fully saturated rings. The largest absolute Gasteiger partial charge is 0.491 e. The summed E-state index contributed by atoms with van der Waals surface area (Å²) >= 11 is 0. The van der Waals surface area contributed by atoms with Gasteiger partial charge >= 0.3 is 0 Å². The van der Waals surface area contributed by atoms with Crippen molar-refractivity contribution in [3.8, 4) is 5.75 Å². The molecule has 0 amide bonds. The molecule has 2 rings (SSSR count). The van der Waals surface area contributed by atoms with E-state index in [0.717, 1.165) is 18.7 Å². The SMILES string of the molecule is CCOCCOc1ccc(CCNCC(O)c2ccccn2)cc1.